The van der Waals surface area contributed by atoms with Gasteiger partial charge in [-0.3, -0.25) is 4.79 Å². The van der Waals surface area contributed by atoms with Crippen LogP contribution in [0.2, 0.25) is 0 Å². The Morgan fingerprint density at radius 3 is 2.68 bits per heavy atom. The summed E-state index contributed by atoms with van der Waals surface area (Å²) >= 11 is 2.99. The van der Waals surface area contributed by atoms with Crippen LogP contribution >= 0.6 is 15.9 Å². The highest BCUT2D eigenvalue weighted by atomic mass is 79.9. The van der Waals surface area contributed by atoms with Crippen molar-refractivity contribution in [3.8, 4) is 0 Å². The van der Waals surface area contributed by atoms with E-state index >= 15 is 0 Å². The van der Waals surface area contributed by atoms with E-state index in [4.69, 9.17) is 9.88 Å². The van der Waals surface area contributed by atoms with Crippen LogP contribution in [-0.4, -0.2) is 34.6 Å². The molecule has 0 bridgehead atoms. The van der Waals surface area contributed by atoms with Crippen LogP contribution < -0.4 is 10.5 Å². The molecule has 0 aliphatic carbocycles. The van der Waals surface area contributed by atoms with Crippen molar-refractivity contribution in [1.29, 1.82) is 0 Å². The normalized spacial score (nSPS) is 11.4. The van der Waals surface area contributed by atoms with Gasteiger partial charge < -0.3 is 10.1 Å². The number of rotatable bonds is 5. The molecule has 0 heterocycles. The summed E-state index contributed by atoms with van der Waals surface area (Å²) in [7, 11) is -2.76. The smallest absolute Gasteiger partial charge is 0.252 e. The number of primary sulfonamides is 1. The van der Waals surface area contributed by atoms with Crippen LogP contribution in [0.1, 0.15) is 10.4 Å². The van der Waals surface area contributed by atoms with Crippen LogP contribution in [-0.2, 0) is 14.8 Å². The summed E-state index contributed by atoms with van der Waals surface area (Å²) in [5.41, 5.74) is -0.0264. The van der Waals surface area contributed by atoms with Gasteiger partial charge in [-0.1, -0.05) is 0 Å². The van der Waals surface area contributed by atoms with Crippen molar-refractivity contribution in [3.63, 3.8) is 0 Å². The van der Waals surface area contributed by atoms with Gasteiger partial charge in [0.05, 0.1) is 12.2 Å². The van der Waals surface area contributed by atoms with Gasteiger partial charge in [0, 0.05) is 18.1 Å². The summed E-state index contributed by atoms with van der Waals surface area (Å²) in [5, 5.41) is 7.35. The average Bonchev–Trinajstić information content (AvgIpc) is 2.27. The number of hydrogen-bond acceptors (Lipinski definition) is 4. The van der Waals surface area contributed by atoms with Crippen molar-refractivity contribution in [3.05, 3.63) is 28.0 Å². The summed E-state index contributed by atoms with van der Waals surface area (Å²) in [6, 6.07) is 1.77. The lowest BCUT2D eigenvalue weighted by atomic mass is 10.2. The zero-order chi connectivity index (χ0) is 14.6. The van der Waals surface area contributed by atoms with E-state index in [1.165, 1.54) is 7.11 Å². The van der Waals surface area contributed by atoms with Gasteiger partial charge in [-0.15, -0.1) is 0 Å². The van der Waals surface area contributed by atoms with Crippen LogP contribution in [0.3, 0.4) is 0 Å². The summed E-state index contributed by atoms with van der Waals surface area (Å²) in [4.78, 5) is 11.0. The number of halogens is 2. The summed E-state index contributed by atoms with van der Waals surface area (Å²) in [5.74, 6) is -1.59. The molecule has 1 rings (SSSR count). The SMILES string of the molecule is COCCNC(=O)c1cc(S(N)(=O)=O)c(F)cc1Br. The number of carbonyl (C=O) groups excluding carboxylic acids is 1. The van der Waals surface area contributed by atoms with Crippen LogP contribution in [0.15, 0.2) is 21.5 Å². The number of nitrogens with two attached hydrogens (primary N) is 1. The molecule has 106 valence electrons. The zero-order valence-electron chi connectivity index (χ0n) is 9.94. The predicted octanol–water partition coefficient (Wildman–Crippen LogP) is 0.612. The standard InChI is InChI=1S/C10H12BrFN2O4S/c1-18-3-2-14-10(15)6-4-9(19(13,16)17)8(12)5-7(6)11/h4-5H,2-3H2,1H3,(H,14,15)(H2,13,16,17). The number of ether oxygens (including phenoxy) is 1. The van der Waals surface area contributed by atoms with Crippen molar-refractivity contribution < 1.29 is 22.3 Å². The second-order valence-corrected chi connectivity index (χ2v) is 5.94. The molecular weight excluding hydrogens is 343 g/mol. The Labute approximate surface area is 118 Å². The molecule has 6 nitrogen and oxygen atoms in total. The number of benzene rings is 1. The number of carbonyl (C=O) groups is 1. The maximum Gasteiger partial charge on any atom is 0.252 e. The monoisotopic (exact) mass is 354 g/mol. The van der Waals surface area contributed by atoms with E-state index in [0.717, 1.165) is 12.1 Å². The third-order valence-electron chi connectivity index (χ3n) is 2.16. The van der Waals surface area contributed by atoms with Crippen molar-refractivity contribution in [2.75, 3.05) is 20.3 Å². The Morgan fingerprint density at radius 2 is 2.16 bits per heavy atom. The number of nitrogens with one attached hydrogen (secondary N) is 1. The van der Waals surface area contributed by atoms with Gasteiger partial charge in [-0.2, -0.15) is 0 Å². The van der Waals surface area contributed by atoms with Gasteiger partial charge in [0.2, 0.25) is 10.0 Å². The van der Waals surface area contributed by atoms with E-state index in [2.05, 4.69) is 21.2 Å². The van der Waals surface area contributed by atoms with Crippen LogP contribution in [0.25, 0.3) is 0 Å². The Kier molecular flexibility index (Phi) is 5.41. The summed E-state index contributed by atoms with van der Waals surface area (Å²) in [6.45, 7) is 0.538. The van der Waals surface area contributed by atoms with E-state index in [-0.39, 0.29) is 16.6 Å². The Morgan fingerprint density at radius 1 is 1.53 bits per heavy atom. The van der Waals surface area contributed by atoms with E-state index in [1.807, 2.05) is 0 Å². The average molecular weight is 355 g/mol. The molecule has 0 fully saturated rings. The van der Waals surface area contributed by atoms with Crippen LogP contribution in [0.4, 0.5) is 4.39 Å². The molecule has 0 aromatic heterocycles. The third-order valence-corrected chi connectivity index (χ3v) is 3.75. The fraction of sp³-hybridized carbons (Fsp3) is 0.300. The molecule has 19 heavy (non-hydrogen) atoms. The van der Waals surface area contributed by atoms with Gasteiger partial charge in [-0.05, 0) is 28.1 Å². The van der Waals surface area contributed by atoms with Crippen molar-refractivity contribution in [1.82, 2.24) is 5.32 Å². The molecule has 0 radical (unpaired) electrons. The lowest BCUT2D eigenvalue weighted by molar-refractivity contribution is 0.0936. The lowest BCUT2D eigenvalue weighted by Gasteiger charge is -2.09. The predicted molar refractivity (Wildman–Crippen MR) is 69.7 cm³/mol. The molecule has 1 amide bonds. The molecule has 1 aromatic carbocycles. The van der Waals surface area contributed by atoms with Gasteiger partial charge in [0.1, 0.15) is 10.7 Å². The van der Waals surface area contributed by atoms with Gasteiger partial charge in [0.15, 0.2) is 0 Å². The van der Waals surface area contributed by atoms with Crippen molar-refractivity contribution in [2.45, 2.75) is 4.90 Å². The van der Waals surface area contributed by atoms with Crippen molar-refractivity contribution >= 4 is 31.9 Å². The molecule has 0 saturated heterocycles. The molecule has 1 aromatic rings. The largest absolute Gasteiger partial charge is 0.383 e. The Hall–Kier alpha value is -1.03. The molecule has 0 saturated carbocycles. The first kappa shape index (κ1) is 16.0. The van der Waals surface area contributed by atoms with Crippen LogP contribution in [0.5, 0.6) is 0 Å². The Balaban J connectivity index is 3.11. The number of sulfonamides is 1. The summed E-state index contributed by atoms with van der Waals surface area (Å²) < 4.78 is 40.7. The second-order valence-electron chi connectivity index (χ2n) is 3.56. The first-order valence-electron chi connectivity index (χ1n) is 5.06. The number of amides is 1. The van der Waals surface area contributed by atoms with Gasteiger partial charge in [-0.25, -0.2) is 17.9 Å². The zero-order valence-corrected chi connectivity index (χ0v) is 12.3. The lowest BCUT2D eigenvalue weighted by Crippen LogP contribution is -2.27. The van der Waals surface area contributed by atoms with E-state index in [0.29, 0.717) is 6.61 Å². The molecule has 3 N–H and O–H groups in total. The molecule has 0 spiro atoms. The highest BCUT2D eigenvalue weighted by Gasteiger charge is 2.20. The quantitative estimate of drug-likeness (QED) is 0.756. The fourth-order valence-corrected chi connectivity index (χ4v) is 2.39. The van der Waals surface area contributed by atoms with E-state index in [9.17, 15) is 17.6 Å². The Bertz CT molecular complexity index is 591. The minimum Gasteiger partial charge on any atom is -0.383 e. The minimum absolute atomic E-state index is 0.0264. The molecule has 0 aliphatic rings. The van der Waals surface area contributed by atoms with Crippen LogP contribution in [0, 0.1) is 5.82 Å². The first-order chi connectivity index (χ1) is 8.77. The van der Waals surface area contributed by atoms with E-state index in [1.54, 1.807) is 0 Å². The molecule has 0 atom stereocenters. The van der Waals surface area contributed by atoms with E-state index < -0.39 is 26.6 Å². The fourth-order valence-electron chi connectivity index (χ4n) is 1.28. The molecule has 0 unspecified atom stereocenters. The van der Waals surface area contributed by atoms with Crippen molar-refractivity contribution in [2.24, 2.45) is 5.14 Å². The minimum atomic E-state index is -4.23. The second kappa shape index (κ2) is 6.42. The molecule has 9 heteroatoms. The highest BCUT2D eigenvalue weighted by Crippen LogP contribution is 2.23. The topological polar surface area (TPSA) is 98.5 Å². The third kappa shape index (κ3) is 4.23. The van der Waals surface area contributed by atoms with Gasteiger partial charge >= 0.3 is 0 Å². The molecular formula is C10H12BrFN2O4S. The number of hydrogen-bond donors (Lipinski definition) is 2. The highest BCUT2D eigenvalue weighted by molar-refractivity contribution is 9.10. The summed E-state index contributed by atoms with van der Waals surface area (Å²) in [6.07, 6.45) is 0. The van der Waals surface area contributed by atoms with Gasteiger partial charge in [0.25, 0.3) is 5.91 Å². The maximum atomic E-state index is 13.5. The number of methoxy groups -OCH3 is 1. The molecule has 0 aliphatic heterocycles. The maximum absolute atomic E-state index is 13.5. The first-order valence-corrected chi connectivity index (χ1v) is 7.40.